The summed E-state index contributed by atoms with van der Waals surface area (Å²) in [5, 5.41) is 13.8. The first-order chi connectivity index (χ1) is 9.66. The minimum absolute atomic E-state index is 0.235. The third-order valence-corrected chi connectivity index (χ3v) is 3.30. The Hall–Kier alpha value is -1.82. The molecule has 1 heterocycles. The normalized spacial score (nSPS) is 12.7. The smallest absolute Gasteiger partial charge is 0.386 e. The maximum Gasteiger partial charge on any atom is 0.433 e. The second kappa shape index (κ2) is 5.18. The lowest BCUT2D eigenvalue weighted by Gasteiger charge is -2.20. The third kappa shape index (κ3) is 2.95. The van der Waals surface area contributed by atoms with E-state index in [1.165, 1.54) is 13.8 Å². The number of hydrogen-bond acceptors (Lipinski definition) is 2. The van der Waals surface area contributed by atoms with Crippen LogP contribution in [0.15, 0.2) is 30.5 Å². The fourth-order valence-corrected chi connectivity index (χ4v) is 2.27. The van der Waals surface area contributed by atoms with Crippen LogP contribution in [0.3, 0.4) is 0 Å². The van der Waals surface area contributed by atoms with E-state index < -0.39 is 17.5 Å². The fraction of sp³-hybridized carbons (Fsp3) is 0.400. The Labute approximate surface area is 121 Å². The minimum Gasteiger partial charge on any atom is -0.386 e. The Morgan fingerprint density at radius 3 is 2.33 bits per heavy atom. The highest BCUT2D eigenvalue weighted by atomic mass is 19.4. The van der Waals surface area contributed by atoms with E-state index in [0.29, 0.717) is 12.1 Å². The van der Waals surface area contributed by atoms with Crippen molar-refractivity contribution in [2.75, 3.05) is 0 Å². The van der Waals surface area contributed by atoms with E-state index in [1.54, 1.807) is 24.3 Å². The summed E-state index contributed by atoms with van der Waals surface area (Å²) >= 11 is 0. The lowest BCUT2D eigenvalue weighted by atomic mass is 9.98. The molecule has 0 bridgehead atoms. The van der Waals surface area contributed by atoms with E-state index in [-0.39, 0.29) is 5.56 Å². The number of aliphatic hydroxyl groups is 1. The molecule has 1 aromatic carbocycles. The van der Waals surface area contributed by atoms with Gasteiger partial charge >= 0.3 is 6.18 Å². The summed E-state index contributed by atoms with van der Waals surface area (Å²) in [6, 6.07) is 6.80. The monoisotopic (exact) mass is 298 g/mol. The van der Waals surface area contributed by atoms with E-state index in [4.69, 9.17) is 0 Å². The largest absolute Gasteiger partial charge is 0.433 e. The lowest BCUT2D eigenvalue weighted by Crippen LogP contribution is -2.23. The summed E-state index contributed by atoms with van der Waals surface area (Å²) in [6.45, 7) is 4.50. The predicted octanol–water partition coefficient (Wildman–Crippen LogP) is 3.68. The van der Waals surface area contributed by atoms with Gasteiger partial charge in [0, 0.05) is 5.56 Å². The molecule has 1 aromatic heterocycles. The zero-order chi connectivity index (χ0) is 15.8. The molecule has 0 aliphatic carbocycles. The van der Waals surface area contributed by atoms with Gasteiger partial charge < -0.3 is 5.11 Å². The second-order valence-corrected chi connectivity index (χ2v) is 5.36. The molecule has 0 amide bonds. The van der Waals surface area contributed by atoms with E-state index in [1.807, 2.05) is 6.92 Å². The zero-order valence-electron chi connectivity index (χ0n) is 12.1. The molecule has 0 saturated heterocycles. The van der Waals surface area contributed by atoms with Crippen molar-refractivity contribution in [3.63, 3.8) is 0 Å². The molecule has 3 nitrogen and oxygen atoms in total. The summed E-state index contributed by atoms with van der Waals surface area (Å²) in [5.41, 5.74) is -1.66. The highest BCUT2D eigenvalue weighted by molar-refractivity contribution is 5.44. The van der Waals surface area contributed by atoms with Crippen LogP contribution < -0.4 is 0 Å². The van der Waals surface area contributed by atoms with E-state index in [9.17, 15) is 18.3 Å². The lowest BCUT2D eigenvalue weighted by molar-refractivity contribution is -0.145. The molecular formula is C15H17F3N2O. The summed E-state index contributed by atoms with van der Waals surface area (Å²) in [6.07, 6.45) is -2.94. The van der Waals surface area contributed by atoms with Crippen LogP contribution in [0.4, 0.5) is 13.2 Å². The van der Waals surface area contributed by atoms with Crippen molar-refractivity contribution in [2.24, 2.45) is 0 Å². The SMILES string of the molecule is CCc1ccccc1-n1ncc(C(C)(C)O)c1C(F)(F)F. The molecule has 1 N–H and O–H groups in total. The number of aryl methyl sites for hydroxylation is 1. The van der Waals surface area contributed by atoms with Crippen molar-refractivity contribution >= 4 is 0 Å². The molecule has 2 rings (SSSR count). The molecule has 0 aliphatic rings. The summed E-state index contributed by atoms with van der Waals surface area (Å²) < 4.78 is 41.1. The van der Waals surface area contributed by atoms with Gasteiger partial charge in [0.25, 0.3) is 0 Å². The quantitative estimate of drug-likeness (QED) is 0.938. The van der Waals surface area contributed by atoms with Gasteiger partial charge in [0.15, 0.2) is 5.69 Å². The average Bonchev–Trinajstić information content (AvgIpc) is 2.83. The van der Waals surface area contributed by atoms with E-state index >= 15 is 0 Å². The number of alkyl halides is 3. The maximum absolute atomic E-state index is 13.4. The van der Waals surface area contributed by atoms with Crippen LogP contribution >= 0.6 is 0 Å². The van der Waals surface area contributed by atoms with Crippen molar-refractivity contribution in [1.82, 2.24) is 9.78 Å². The Morgan fingerprint density at radius 1 is 1.19 bits per heavy atom. The van der Waals surface area contributed by atoms with Crippen LogP contribution in [0, 0.1) is 0 Å². The Morgan fingerprint density at radius 2 is 1.81 bits per heavy atom. The molecule has 0 spiro atoms. The van der Waals surface area contributed by atoms with Gasteiger partial charge in [-0.05, 0) is 31.9 Å². The van der Waals surface area contributed by atoms with Crippen LogP contribution in [-0.4, -0.2) is 14.9 Å². The molecule has 6 heteroatoms. The van der Waals surface area contributed by atoms with E-state index in [2.05, 4.69) is 5.10 Å². The molecule has 114 valence electrons. The topological polar surface area (TPSA) is 38.0 Å². The highest BCUT2D eigenvalue weighted by Gasteiger charge is 2.42. The van der Waals surface area contributed by atoms with Crippen LogP contribution in [0.25, 0.3) is 5.69 Å². The van der Waals surface area contributed by atoms with Gasteiger partial charge in [-0.25, -0.2) is 4.68 Å². The van der Waals surface area contributed by atoms with Gasteiger partial charge in [-0.2, -0.15) is 18.3 Å². The van der Waals surface area contributed by atoms with Gasteiger partial charge in [-0.3, -0.25) is 0 Å². The number of para-hydroxylation sites is 1. The number of aromatic nitrogens is 2. The predicted molar refractivity (Wildman–Crippen MR) is 73.2 cm³/mol. The summed E-state index contributed by atoms with van der Waals surface area (Å²) in [5.74, 6) is 0. The Balaban J connectivity index is 2.74. The number of benzene rings is 1. The minimum atomic E-state index is -4.60. The first kappa shape index (κ1) is 15.6. The molecule has 0 unspecified atom stereocenters. The van der Waals surface area contributed by atoms with Gasteiger partial charge in [0.2, 0.25) is 0 Å². The van der Waals surface area contributed by atoms with Crippen LogP contribution in [0.1, 0.15) is 37.6 Å². The standard InChI is InChI=1S/C15H17F3N2O/c1-4-10-7-5-6-8-12(10)20-13(15(16,17)18)11(9-19-20)14(2,3)21/h5-9,21H,4H2,1-3H3. The third-order valence-electron chi connectivity index (χ3n) is 3.30. The molecule has 0 atom stereocenters. The molecule has 0 saturated carbocycles. The zero-order valence-corrected chi connectivity index (χ0v) is 12.1. The van der Waals surface area contributed by atoms with Crippen molar-refractivity contribution in [3.05, 3.63) is 47.3 Å². The maximum atomic E-state index is 13.4. The summed E-state index contributed by atoms with van der Waals surface area (Å²) in [4.78, 5) is 0. The molecular weight excluding hydrogens is 281 g/mol. The van der Waals surface area contributed by atoms with Crippen molar-refractivity contribution in [1.29, 1.82) is 0 Å². The van der Waals surface area contributed by atoms with Gasteiger partial charge in [-0.15, -0.1) is 0 Å². The molecule has 0 radical (unpaired) electrons. The number of nitrogens with zero attached hydrogens (tertiary/aromatic N) is 2. The van der Waals surface area contributed by atoms with Gasteiger partial charge in [0.05, 0.1) is 17.5 Å². The molecule has 2 aromatic rings. The molecule has 21 heavy (non-hydrogen) atoms. The van der Waals surface area contributed by atoms with Crippen LogP contribution in [-0.2, 0) is 18.2 Å². The summed E-state index contributed by atoms with van der Waals surface area (Å²) in [7, 11) is 0. The van der Waals surface area contributed by atoms with Crippen molar-refractivity contribution in [2.45, 2.75) is 39.0 Å². The Bertz CT molecular complexity index is 639. The Kier molecular flexibility index (Phi) is 3.84. The van der Waals surface area contributed by atoms with E-state index in [0.717, 1.165) is 16.4 Å². The van der Waals surface area contributed by atoms with Crippen LogP contribution in [0.2, 0.25) is 0 Å². The highest BCUT2D eigenvalue weighted by Crippen LogP contribution is 2.38. The van der Waals surface area contributed by atoms with Crippen molar-refractivity contribution < 1.29 is 18.3 Å². The number of rotatable bonds is 3. The first-order valence-corrected chi connectivity index (χ1v) is 6.62. The number of hydrogen-bond donors (Lipinski definition) is 1. The molecule has 0 aliphatic heterocycles. The average molecular weight is 298 g/mol. The molecule has 0 fully saturated rings. The van der Waals surface area contributed by atoms with Gasteiger partial charge in [-0.1, -0.05) is 25.1 Å². The number of halogens is 3. The first-order valence-electron chi connectivity index (χ1n) is 6.62. The fourth-order valence-electron chi connectivity index (χ4n) is 2.27. The second-order valence-electron chi connectivity index (χ2n) is 5.36. The van der Waals surface area contributed by atoms with Gasteiger partial charge in [0.1, 0.15) is 0 Å². The van der Waals surface area contributed by atoms with Crippen LogP contribution in [0.5, 0.6) is 0 Å². The van der Waals surface area contributed by atoms with Crippen molar-refractivity contribution in [3.8, 4) is 5.69 Å².